The molecule has 0 radical (unpaired) electrons. The summed E-state index contributed by atoms with van der Waals surface area (Å²) in [7, 11) is 0. The molecule has 1 saturated carbocycles. The molecule has 2 amide bonds. The third-order valence-electron chi connectivity index (χ3n) is 4.73. The Morgan fingerprint density at radius 1 is 1.28 bits per heavy atom. The van der Waals surface area contributed by atoms with Gasteiger partial charge in [-0.2, -0.15) is 9.78 Å². The first-order chi connectivity index (χ1) is 14.1. The number of phenolic OH excluding ortho intramolecular Hbond substituents is 1. The average Bonchev–Trinajstić information content (AvgIpc) is 3.22. The number of furan rings is 1. The van der Waals surface area contributed by atoms with Crippen molar-refractivity contribution in [2.75, 3.05) is 11.9 Å². The Labute approximate surface area is 167 Å². The highest BCUT2D eigenvalue weighted by atomic mass is 16.3. The number of nitrogens with one attached hydrogen (secondary N) is 2. The van der Waals surface area contributed by atoms with E-state index in [1.165, 1.54) is 17.0 Å². The fraction of sp³-hybridized carbons (Fsp3) is 0.286. The molecule has 3 N–H and O–H groups in total. The number of benzene rings is 1. The van der Waals surface area contributed by atoms with Crippen LogP contribution in [0.25, 0.3) is 11.3 Å². The van der Waals surface area contributed by atoms with Gasteiger partial charge in [0.2, 0.25) is 0 Å². The van der Waals surface area contributed by atoms with Crippen molar-refractivity contribution >= 4 is 17.6 Å². The van der Waals surface area contributed by atoms with E-state index in [9.17, 15) is 14.7 Å². The molecule has 2 aromatic heterocycles. The van der Waals surface area contributed by atoms with Crippen LogP contribution in [0.1, 0.15) is 48.4 Å². The molecule has 8 nitrogen and oxygen atoms in total. The minimum atomic E-state index is -0.407. The average molecular weight is 394 g/mol. The van der Waals surface area contributed by atoms with E-state index in [0.717, 1.165) is 25.0 Å². The summed E-state index contributed by atoms with van der Waals surface area (Å²) in [5.41, 5.74) is 2.28. The minimum Gasteiger partial charge on any atom is -0.507 e. The van der Waals surface area contributed by atoms with E-state index in [4.69, 9.17) is 4.42 Å². The monoisotopic (exact) mass is 394 g/mol. The number of amides is 2. The lowest BCUT2D eigenvalue weighted by molar-refractivity contribution is 0.0996. The zero-order valence-corrected chi connectivity index (χ0v) is 16.0. The lowest BCUT2D eigenvalue weighted by Gasteiger charge is -2.07. The van der Waals surface area contributed by atoms with Gasteiger partial charge >= 0.3 is 6.03 Å². The van der Waals surface area contributed by atoms with Gasteiger partial charge in [0, 0.05) is 29.8 Å². The van der Waals surface area contributed by atoms with Crippen LogP contribution in [0.3, 0.4) is 0 Å². The lowest BCUT2D eigenvalue weighted by Crippen LogP contribution is -2.31. The van der Waals surface area contributed by atoms with Gasteiger partial charge in [-0.1, -0.05) is 6.92 Å². The molecule has 1 aliphatic carbocycles. The van der Waals surface area contributed by atoms with Crippen LogP contribution in [-0.4, -0.2) is 33.4 Å². The highest BCUT2D eigenvalue weighted by Gasteiger charge is 2.30. The van der Waals surface area contributed by atoms with Crippen molar-refractivity contribution in [2.24, 2.45) is 0 Å². The Morgan fingerprint density at radius 3 is 2.76 bits per heavy atom. The molecule has 0 saturated heterocycles. The van der Waals surface area contributed by atoms with Gasteiger partial charge in [0.05, 0.1) is 17.7 Å². The first-order valence-electron chi connectivity index (χ1n) is 9.63. The van der Waals surface area contributed by atoms with E-state index in [1.807, 2.05) is 13.0 Å². The number of nitrogens with zero attached hydrogens (tertiary/aromatic N) is 2. The minimum absolute atomic E-state index is 0.0387. The molecule has 4 rings (SSSR count). The molecule has 0 bridgehead atoms. The number of carbonyl (C=O) groups excluding carboxylic acids is 2. The summed E-state index contributed by atoms with van der Waals surface area (Å²) in [6.07, 6.45) is 4.30. The lowest BCUT2D eigenvalue weighted by atomic mass is 10.1. The number of phenols is 1. The van der Waals surface area contributed by atoms with Gasteiger partial charge in [0.15, 0.2) is 5.76 Å². The summed E-state index contributed by atoms with van der Waals surface area (Å²) in [5.74, 6) is 0.0513. The first kappa shape index (κ1) is 18.8. The van der Waals surface area contributed by atoms with E-state index < -0.39 is 5.91 Å². The third kappa shape index (κ3) is 4.01. The molecule has 1 aliphatic rings. The van der Waals surface area contributed by atoms with E-state index in [-0.39, 0.29) is 17.5 Å². The van der Waals surface area contributed by atoms with E-state index in [1.54, 1.807) is 24.3 Å². The van der Waals surface area contributed by atoms with Gasteiger partial charge < -0.3 is 20.2 Å². The molecule has 150 valence electrons. The number of hydrogen-bond donors (Lipinski definition) is 3. The normalized spacial score (nSPS) is 13.3. The van der Waals surface area contributed by atoms with Crippen LogP contribution in [0.5, 0.6) is 5.75 Å². The second-order valence-corrected chi connectivity index (χ2v) is 7.04. The summed E-state index contributed by atoms with van der Waals surface area (Å²) in [5, 5.41) is 20.4. The van der Waals surface area contributed by atoms with Crippen molar-refractivity contribution < 1.29 is 19.1 Å². The van der Waals surface area contributed by atoms with Crippen LogP contribution in [0, 0.1) is 0 Å². The number of hydrogen-bond acceptors (Lipinski definition) is 5. The van der Waals surface area contributed by atoms with Gasteiger partial charge in [-0.25, -0.2) is 4.79 Å². The molecular weight excluding hydrogens is 372 g/mol. The van der Waals surface area contributed by atoms with E-state index in [0.29, 0.717) is 29.4 Å². The zero-order valence-electron chi connectivity index (χ0n) is 16.0. The Hall–Kier alpha value is -3.55. The predicted molar refractivity (Wildman–Crippen MR) is 107 cm³/mol. The molecular formula is C21H22N4O4. The second kappa shape index (κ2) is 7.83. The van der Waals surface area contributed by atoms with Gasteiger partial charge in [0.25, 0.3) is 5.91 Å². The van der Waals surface area contributed by atoms with Crippen LogP contribution >= 0.6 is 0 Å². The molecule has 3 aromatic rings. The molecule has 1 aromatic carbocycles. The fourth-order valence-corrected chi connectivity index (χ4v) is 3.09. The van der Waals surface area contributed by atoms with E-state index >= 15 is 0 Å². The maximum atomic E-state index is 12.4. The van der Waals surface area contributed by atoms with Crippen molar-refractivity contribution in [3.8, 4) is 17.0 Å². The summed E-state index contributed by atoms with van der Waals surface area (Å²) in [4.78, 5) is 24.5. The predicted octanol–water partition coefficient (Wildman–Crippen LogP) is 3.95. The summed E-state index contributed by atoms with van der Waals surface area (Å²) in [6, 6.07) is 9.55. The summed E-state index contributed by atoms with van der Waals surface area (Å²) < 4.78 is 6.46. The van der Waals surface area contributed by atoms with Gasteiger partial charge in [-0.15, -0.1) is 0 Å². The molecule has 0 aliphatic heterocycles. The number of carbonyl (C=O) groups is 2. The standard InChI is InChI=1S/C21H22N4O4/c1-2-9-22-21(28)25-17(13-5-6-13)12-16(24-25)15-8-7-14(11-18(15)26)23-20(27)19-4-3-10-29-19/h3-4,7-8,10-13,26H,2,5-6,9H2,1H3,(H,22,28)(H,23,27). The number of rotatable bonds is 6. The third-order valence-corrected chi connectivity index (χ3v) is 4.73. The molecule has 2 heterocycles. The zero-order chi connectivity index (χ0) is 20.4. The fourth-order valence-electron chi connectivity index (χ4n) is 3.09. The van der Waals surface area contributed by atoms with Crippen molar-refractivity contribution in [2.45, 2.75) is 32.1 Å². The van der Waals surface area contributed by atoms with Crippen LogP contribution in [0.15, 0.2) is 47.1 Å². The topological polar surface area (TPSA) is 109 Å². The van der Waals surface area contributed by atoms with Crippen LogP contribution < -0.4 is 10.6 Å². The maximum absolute atomic E-state index is 12.4. The number of aromatic nitrogens is 2. The first-order valence-corrected chi connectivity index (χ1v) is 9.63. The van der Waals surface area contributed by atoms with Gasteiger partial charge in [0.1, 0.15) is 5.75 Å². The van der Waals surface area contributed by atoms with Gasteiger partial charge in [-0.3, -0.25) is 4.79 Å². The van der Waals surface area contributed by atoms with Crippen LogP contribution in [-0.2, 0) is 0 Å². The second-order valence-electron chi connectivity index (χ2n) is 7.04. The van der Waals surface area contributed by atoms with Gasteiger partial charge in [-0.05, 0) is 49.6 Å². The van der Waals surface area contributed by atoms with E-state index in [2.05, 4.69) is 15.7 Å². The van der Waals surface area contributed by atoms with Crippen LogP contribution in [0.4, 0.5) is 10.5 Å². The maximum Gasteiger partial charge on any atom is 0.342 e. The Morgan fingerprint density at radius 2 is 2.10 bits per heavy atom. The SMILES string of the molecule is CCCNC(=O)n1nc(-c2ccc(NC(=O)c3ccco3)cc2O)cc1C1CC1. The molecule has 8 heteroatoms. The number of anilines is 1. The summed E-state index contributed by atoms with van der Waals surface area (Å²) >= 11 is 0. The Bertz CT molecular complexity index is 1040. The smallest absolute Gasteiger partial charge is 0.342 e. The Kier molecular flexibility index (Phi) is 5.07. The molecule has 1 fully saturated rings. The highest BCUT2D eigenvalue weighted by molar-refractivity contribution is 6.02. The molecule has 0 unspecified atom stereocenters. The highest BCUT2D eigenvalue weighted by Crippen LogP contribution is 2.42. The Balaban J connectivity index is 1.58. The quantitative estimate of drug-likeness (QED) is 0.586. The van der Waals surface area contributed by atoms with Crippen molar-refractivity contribution in [3.05, 3.63) is 54.1 Å². The largest absolute Gasteiger partial charge is 0.507 e. The summed E-state index contributed by atoms with van der Waals surface area (Å²) in [6.45, 7) is 2.56. The van der Waals surface area contributed by atoms with Crippen molar-refractivity contribution in [3.63, 3.8) is 0 Å². The molecule has 29 heavy (non-hydrogen) atoms. The van der Waals surface area contributed by atoms with Crippen molar-refractivity contribution in [1.82, 2.24) is 15.1 Å². The number of aromatic hydroxyl groups is 1. The molecule has 0 atom stereocenters. The van der Waals surface area contributed by atoms with Crippen LogP contribution in [0.2, 0.25) is 0 Å². The molecule has 0 spiro atoms. The van der Waals surface area contributed by atoms with Crippen molar-refractivity contribution in [1.29, 1.82) is 0 Å².